The van der Waals surface area contributed by atoms with Crippen molar-refractivity contribution in [2.75, 3.05) is 25.4 Å². The first-order valence-corrected chi connectivity index (χ1v) is 12.7. The van der Waals surface area contributed by atoms with E-state index < -0.39 is 10.0 Å². The lowest BCUT2D eigenvalue weighted by molar-refractivity contribution is 0.319. The number of benzene rings is 2. The molecule has 2 aliphatic rings. The van der Waals surface area contributed by atoms with E-state index in [2.05, 4.69) is 41.1 Å². The first-order chi connectivity index (χ1) is 14.5. The van der Waals surface area contributed by atoms with Crippen molar-refractivity contribution in [1.29, 1.82) is 0 Å². The maximum absolute atomic E-state index is 12.0. The Hall–Kier alpha value is -1.89. The highest BCUT2D eigenvalue weighted by molar-refractivity contribution is 7.89. The quantitative estimate of drug-likeness (QED) is 0.569. The summed E-state index contributed by atoms with van der Waals surface area (Å²) in [6, 6.07) is 16.9. The van der Waals surface area contributed by atoms with Crippen molar-refractivity contribution in [3.63, 3.8) is 0 Å². The van der Waals surface area contributed by atoms with Crippen LogP contribution in [0.4, 0.5) is 0 Å². The average molecular weight is 429 g/mol. The van der Waals surface area contributed by atoms with E-state index in [-0.39, 0.29) is 5.75 Å². The van der Waals surface area contributed by atoms with E-state index in [0.717, 1.165) is 37.9 Å². The first kappa shape index (κ1) is 21.3. The van der Waals surface area contributed by atoms with Gasteiger partial charge in [-0.2, -0.15) is 0 Å². The highest BCUT2D eigenvalue weighted by Crippen LogP contribution is 2.39. The smallest absolute Gasteiger partial charge is 0.211 e. The minimum Gasteiger partial charge on any atom is -0.492 e. The van der Waals surface area contributed by atoms with Crippen molar-refractivity contribution in [3.05, 3.63) is 65.2 Å². The van der Waals surface area contributed by atoms with Crippen LogP contribution < -0.4 is 15.2 Å². The molecule has 3 N–H and O–H groups in total. The highest BCUT2D eigenvalue weighted by Gasteiger charge is 2.29. The van der Waals surface area contributed by atoms with Crippen molar-refractivity contribution >= 4 is 10.0 Å². The normalized spacial score (nSPS) is 21.2. The van der Waals surface area contributed by atoms with Crippen LogP contribution in [-0.4, -0.2) is 33.9 Å². The molecule has 0 unspecified atom stereocenters. The molecule has 162 valence electrons. The van der Waals surface area contributed by atoms with Gasteiger partial charge in [-0.1, -0.05) is 36.4 Å². The summed E-state index contributed by atoms with van der Waals surface area (Å²) in [5.74, 6) is 2.23. The van der Waals surface area contributed by atoms with E-state index in [9.17, 15) is 8.42 Å². The summed E-state index contributed by atoms with van der Waals surface area (Å²) >= 11 is 0. The van der Waals surface area contributed by atoms with Crippen molar-refractivity contribution in [1.82, 2.24) is 4.72 Å². The van der Waals surface area contributed by atoms with Crippen LogP contribution in [0.3, 0.4) is 0 Å². The Morgan fingerprint density at radius 3 is 2.60 bits per heavy atom. The largest absolute Gasteiger partial charge is 0.492 e. The summed E-state index contributed by atoms with van der Waals surface area (Å²) in [6.07, 6.45) is 5.19. The number of hydrogen-bond donors (Lipinski definition) is 2. The molecule has 0 radical (unpaired) electrons. The first-order valence-electron chi connectivity index (χ1n) is 11.0. The molecule has 0 amide bonds. The van der Waals surface area contributed by atoms with E-state index in [1.807, 2.05) is 12.1 Å². The molecule has 0 bridgehead atoms. The Morgan fingerprint density at radius 1 is 1.07 bits per heavy atom. The lowest BCUT2D eigenvalue weighted by Gasteiger charge is -2.33. The number of rotatable bonds is 10. The molecule has 2 aromatic rings. The van der Waals surface area contributed by atoms with E-state index in [1.165, 1.54) is 16.7 Å². The molecular formula is C24H32N2O3S. The molecule has 4 rings (SSSR count). The van der Waals surface area contributed by atoms with E-state index in [0.29, 0.717) is 37.5 Å². The zero-order chi connectivity index (χ0) is 21.0. The van der Waals surface area contributed by atoms with Crippen molar-refractivity contribution in [2.45, 2.75) is 38.0 Å². The van der Waals surface area contributed by atoms with Crippen LogP contribution in [0.1, 0.15) is 41.9 Å². The Bertz CT molecular complexity index is 942. The van der Waals surface area contributed by atoms with Gasteiger partial charge in [0.15, 0.2) is 0 Å². The van der Waals surface area contributed by atoms with Gasteiger partial charge in [-0.3, -0.25) is 0 Å². The van der Waals surface area contributed by atoms with Gasteiger partial charge in [-0.25, -0.2) is 13.1 Å². The fraction of sp³-hybridized carbons (Fsp3) is 0.500. The van der Waals surface area contributed by atoms with E-state index >= 15 is 0 Å². The standard InChI is InChI=1S/C24H32N2O3S/c25-16-21-9-8-20-10-11-22(29-13-12-26-30(27,28)17-19-6-7-19)15-24(20)23(21)14-18-4-2-1-3-5-18/h1-5,10-11,15,19,21,23,26H,6-9,12-14,16-17,25H2/t21-,23+/m0/s1. The number of nitrogens with two attached hydrogens (primary N) is 1. The molecule has 5 nitrogen and oxygen atoms in total. The second-order valence-electron chi connectivity index (χ2n) is 8.66. The maximum atomic E-state index is 12.0. The fourth-order valence-corrected chi connectivity index (χ4v) is 5.94. The number of sulfonamides is 1. The molecular weight excluding hydrogens is 396 g/mol. The Morgan fingerprint density at radius 2 is 1.87 bits per heavy atom. The fourth-order valence-electron chi connectivity index (χ4n) is 4.48. The molecule has 0 heterocycles. The van der Waals surface area contributed by atoms with Gasteiger partial charge in [-0.15, -0.1) is 0 Å². The Labute approximate surface area is 180 Å². The van der Waals surface area contributed by atoms with Crippen LogP contribution in [0.2, 0.25) is 0 Å². The molecule has 2 aliphatic carbocycles. The van der Waals surface area contributed by atoms with Crippen molar-refractivity contribution in [2.24, 2.45) is 17.6 Å². The van der Waals surface area contributed by atoms with Gasteiger partial charge in [-0.05, 0) is 85.2 Å². The molecule has 0 saturated heterocycles. The molecule has 1 fully saturated rings. The Balaban J connectivity index is 1.41. The monoisotopic (exact) mass is 428 g/mol. The highest BCUT2D eigenvalue weighted by atomic mass is 32.2. The Kier molecular flexibility index (Phi) is 6.76. The van der Waals surface area contributed by atoms with Crippen LogP contribution in [0.5, 0.6) is 5.75 Å². The van der Waals surface area contributed by atoms with Gasteiger partial charge in [0.2, 0.25) is 10.0 Å². The minimum absolute atomic E-state index is 0.244. The molecule has 0 aliphatic heterocycles. The van der Waals surface area contributed by atoms with Crippen molar-refractivity contribution in [3.8, 4) is 5.75 Å². The van der Waals surface area contributed by atoms with Crippen LogP contribution in [0, 0.1) is 11.8 Å². The molecule has 0 aromatic heterocycles. The van der Waals surface area contributed by atoms with Crippen LogP contribution >= 0.6 is 0 Å². The minimum atomic E-state index is -3.19. The molecule has 2 atom stereocenters. The molecule has 2 aromatic carbocycles. The third-order valence-electron chi connectivity index (χ3n) is 6.32. The molecule has 1 saturated carbocycles. The SMILES string of the molecule is NC[C@@H]1CCc2ccc(OCCNS(=O)(=O)CC3CC3)cc2[C@@H]1Cc1ccccc1. The number of fused-ring (bicyclic) bond motifs is 1. The molecule has 6 heteroatoms. The zero-order valence-corrected chi connectivity index (χ0v) is 18.2. The molecule has 0 spiro atoms. The second kappa shape index (κ2) is 9.50. The molecule has 30 heavy (non-hydrogen) atoms. The average Bonchev–Trinajstić information content (AvgIpc) is 3.55. The summed E-state index contributed by atoms with van der Waals surface area (Å²) in [6.45, 7) is 1.31. The zero-order valence-electron chi connectivity index (χ0n) is 17.4. The van der Waals surface area contributed by atoms with Crippen molar-refractivity contribution < 1.29 is 13.2 Å². The summed E-state index contributed by atoms with van der Waals surface area (Å²) < 4.78 is 32.5. The van der Waals surface area contributed by atoms with Crippen LogP contribution in [-0.2, 0) is 22.9 Å². The summed E-state index contributed by atoms with van der Waals surface area (Å²) in [5, 5.41) is 0. The van der Waals surface area contributed by atoms with Gasteiger partial charge in [0.05, 0.1) is 5.75 Å². The topological polar surface area (TPSA) is 81.4 Å². The number of aryl methyl sites for hydroxylation is 1. The predicted octanol–water partition coefficient (Wildman–Crippen LogP) is 3.24. The maximum Gasteiger partial charge on any atom is 0.211 e. The van der Waals surface area contributed by atoms with E-state index in [1.54, 1.807) is 0 Å². The summed E-state index contributed by atoms with van der Waals surface area (Å²) in [4.78, 5) is 0. The second-order valence-corrected chi connectivity index (χ2v) is 10.5. The van der Waals surface area contributed by atoms with Gasteiger partial charge in [0.25, 0.3) is 0 Å². The van der Waals surface area contributed by atoms with Gasteiger partial charge >= 0.3 is 0 Å². The van der Waals surface area contributed by atoms with Crippen LogP contribution in [0.25, 0.3) is 0 Å². The number of ether oxygens (including phenoxy) is 1. The summed E-state index contributed by atoms with van der Waals surface area (Å²) in [5.41, 5.74) is 10.1. The third-order valence-corrected chi connectivity index (χ3v) is 7.87. The lowest BCUT2D eigenvalue weighted by Crippen LogP contribution is -2.31. The van der Waals surface area contributed by atoms with Gasteiger partial charge < -0.3 is 10.5 Å². The predicted molar refractivity (Wildman–Crippen MR) is 120 cm³/mol. The third kappa shape index (κ3) is 5.62. The lowest BCUT2D eigenvalue weighted by atomic mass is 9.72. The summed E-state index contributed by atoms with van der Waals surface area (Å²) in [7, 11) is -3.19. The number of nitrogens with one attached hydrogen (secondary N) is 1. The number of hydrogen-bond acceptors (Lipinski definition) is 4. The van der Waals surface area contributed by atoms with Gasteiger partial charge in [0, 0.05) is 6.54 Å². The van der Waals surface area contributed by atoms with Crippen LogP contribution in [0.15, 0.2) is 48.5 Å². The van der Waals surface area contributed by atoms with Gasteiger partial charge in [0.1, 0.15) is 12.4 Å². The van der Waals surface area contributed by atoms with E-state index in [4.69, 9.17) is 10.5 Å².